The number of anilines is 3. The molecule has 58 heavy (non-hydrogen) atoms. The number of benzene rings is 10. The van der Waals surface area contributed by atoms with Crippen molar-refractivity contribution in [3.05, 3.63) is 222 Å². The van der Waals surface area contributed by atoms with E-state index in [1.54, 1.807) is 0 Å². The van der Waals surface area contributed by atoms with Crippen molar-refractivity contribution in [2.75, 3.05) is 4.90 Å². The summed E-state index contributed by atoms with van der Waals surface area (Å²) in [6, 6.07) is 75.6. The SMILES string of the molecule is c1ccc(-c2cc3c4c(c2)-c2cccc5c(-c6ccccc6)cc6c(c25)N4c2c(cc(-c4ccccc4)c4cccc-3c24)C62c3ccccc3-c3ccccc32)cc1. The number of nitrogens with zero attached hydrogens (tertiary/aromatic N) is 1. The molecule has 0 bridgehead atoms. The average molecular weight is 732 g/mol. The van der Waals surface area contributed by atoms with E-state index < -0.39 is 5.41 Å². The van der Waals surface area contributed by atoms with Gasteiger partial charge < -0.3 is 4.90 Å². The van der Waals surface area contributed by atoms with Crippen LogP contribution in [-0.4, -0.2) is 0 Å². The first-order valence-corrected chi connectivity index (χ1v) is 20.4. The summed E-state index contributed by atoms with van der Waals surface area (Å²) in [5, 5.41) is 5.23. The van der Waals surface area contributed by atoms with Gasteiger partial charge in [-0.15, -0.1) is 0 Å². The van der Waals surface area contributed by atoms with E-state index in [1.807, 2.05) is 0 Å². The highest BCUT2D eigenvalue weighted by Gasteiger charge is 2.55. The predicted molar refractivity (Wildman–Crippen MR) is 241 cm³/mol. The minimum atomic E-state index is -0.580. The highest BCUT2D eigenvalue weighted by Crippen LogP contribution is 2.71. The highest BCUT2D eigenvalue weighted by molar-refractivity contribution is 6.29. The number of hydrogen-bond donors (Lipinski definition) is 0. The molecular formula is C57H33N. The van der Waals surface area contributed by atoms with Gasteiger partial charge in [-0.2, -0.15) is 0 Å². The van der Waals surface area contributed by atoms with E-state index in [2.05, 4.69) is 205 Å². The van der Waals surface area contributed by atoms with Gasteiger partial charge in [0.25, 0.3) is 0 Å². The third-order valence-corrected chi connectivity index (χ3v) is 13.7. The van der Waals surface area contributed by atoms with Gasteiger partial charge in [0.05, 0.1) is 22.5 Å². The summed E-state index contributed by atoms with van der Waals surface area (Å²) in [5.74, 6) is 0. The standard InChI is InChI=1S/C57H33N/c1-4-16-34(17-5-1)37-30-46-42-26-14-24-40-44(35-18-6-2-7-19-35)32-50-55(52(40)42)58-54(46)47(31-37)43-27-15-25-41-45(36-20-8-3-9-21-36)33-51(56(58)53(41)43)57(50)48-28-12-10-22-38(48)39-23-11-13-29-49(39)57/h1-33H. The van der Waals surface area contributed by atoms with E-state index >= 15 is 0 Å². The second kappa shape index (κ2) is 10.9. The van der Waals surface area contributed by atoms with Crippen LogP contribution in [0.3, 0.4) is 0 Å². The van der Waals surface area contributed by atoms with Crippen LogP contribution in [0.25, 0.3) is 88.3 Å². The summed E-state index contributed by atoms with van der Waals surface area (Å²) in [7, 11) is 0. The molecule has 0 N–H and O–H groups in total. The molecule has 1 aliphatic carbocycles. The molecule has 0 saturated carbocycles. The maximum atomic E-state index is 2.72. The van der Waals surface area contributed by atoms with Crippen molar-refractivity contribution in [3.8, 4) is 66.8 Å². The van der Waals surface area contributed by atoms with Gasteiger partial charge in [-0.1, -0.05) is 176 Å². The molecule has 0 fully saturated rings. The maximum Gasteiger partial charge on any atom is 0.0755 e. The summed E-state index contributed by atoms with van der Waals surface area (Å²) in [6.07, 6.45) is 0. The Balaban J connectivity index is 1.28. The number of hydrogen-bond acceptors (Lipinski definition) is 1. The van der Waals surface area contributed by atoms with Crippen molar-refractivity contribution in [2.45, 2.75) is 5.41 Å². The van der Waals surface area contributed by atoms with Gasteiger partial charge in [-0.3, -0.25) is 0 Å². The van der Waals surface area contributed by atoms with Crippen LogP contribution in [0, 0.1) is 0 Å². The molecule has 0 saturated heterocycles. The lowest BCUT2D eigenvalue weighted by atomic mass is 9.61. The second-order valence-electron chi connectivity index (χ2n) is 16.3. The molecule has 3 heterocycles. The molecule has 1 heteroatoms. The zero-order valence-electron chi connectivity index (χ0n) is 31.5. The summed E-state index contributed by atoms with van der Waals surface area (Å²) >= 11 is 0. The van der Waals surface area contributed by atoms with Crippen LogP contribution in [0.5, 0.6) is 0 Å². The van der Waals surface area contributed by atoms with Crippen LogP contribution in [0.1, 0.15) is 22.3 Å². The first-order valence-electron chi connectivity index (χ1n) is 20.4. The summed E-state index contributed by atoms with van der Waals surface area (Å²) in [5.41, 5.74) is 24.0. The average Bonchev–Trinajstić information content (AvgIpc) is 3.59. The first kappa shape index (κ1) is 30.7. The normalized spacial score (nSPS) is 14.0. The topological polar surface area (TPSA) is 3.24 Å². The molecule has 266 valence electrons. The largest absolute Gasteiger partial charge is 0.307 e. The molecule has 1 nitrogen and oxygen atoms in total. The molecule has 14 rings (SSSR count). The van der Waals surface area contributed by atoms with Crippen LogP contribution < -0.4 is 4.90 Å². The predicted octanol–water partition coefficient (Wildman–Crippen LogP) is 15.1. The molecule has 0 unspecified atom stereocenters. The Morgan fingerprint density at radius 1 is 0.259 bits per heavy atom. The lowest BCUT2D eigenvalue weighted by Gasteiger charge is -2.50. The van der Waals surface area contributed by atoms with Crippen LogP contribution in [-0.2, 0) is 5.41 Å². The zero-order valence-corrected chi connectivity index (χ0v) is 31.5. The monoisotopic (exact) mass is 731 g/mol. The van der Waals surface area contributed by atoms with E-state index in [9.17, 15) is 0 Å². The van der Waals surface area contributed by atoms with Gasteiger partial charge in [-0.25, -0.2) is 0 Å². The van der Waals surface area contributed by atoms with Gasteiger partial charge in [0.1, 0.15) is 0 Å². The van der Waals surface area contributed by atoms with Crippen LogP contribution in [0.4, 0.5) is 17.1 Å². The molecule has 0 aromatic heterocycles. The Hall–Kier alpha value is -7.48. The van der Waals surface area contributed by atoms with Crippen molar-refractivity contribution < 1.29 is 0 Å². The van der Waals surface area contributed by atoms with Crippen molar-refractivity contribution in [3.63, 3.8) is 0 Å². The van der Waals surface area contributed by atoms with Crippen LogP contribution >= 0.6 is 0 Å². The molecule has 1 spiro atoms. The lowest BCUT2D eigenvalue weighted by Crippen LogP contribution is -2.38. The quantitative estimate of drug-likeness (QED) is 0.175. The van der Waals surface area contributed by atoms with E-state index in [4.69, 9.17) is 0 Å². The fourth-order valence-electron chi connectivity index (χ4n) is 11.5. The summed E-state index contributed by atoms with van der Waals surface area (Å²) in [4.78, 5) is 2.72. The van der Waals surface area contributed by atoms with E-state index in [0.717, 1.165) is 0 Å². The number of fused-ring (bicyclic) bond motifs is 9. The van der Waals surface area contributed by atoms with Crippen molar-refractivity contribution in [2.24, 2.45) is 0 Å². The highest BCUT2D eigenvalue weighted by atomic mass is 15.2. The Bertz CT molecular complexity index is 3230. The van der Waals surface area contributed by atoms with Crippen molar-refractivity contribution >= 4 is 38.6 Å². The fourth-order valence-corrected chi connectivity index (χ4v) is 11.5. The van der Waals surface area contributed by atoms with Crippen molar-refractivity contribution in [1.82, 2.24) is 0 Å². The summed E-state index contributed by atoms with van der Waals surface area (Å²) in [6.45, 7) is 0. The number of rotatable bonds is 3. The summed E-state index contributed by atoms with van der Waals surface area (Å²) < 4.78 is 0. The van der Waals surface area contributed by atoms with E-state index in [-0.39, 0.29) is 0 Å². The molecule has 4 aliphatic rings. The van der Waals surface area contributed by atoms with Gasteiger partial charge in [0.15, 0.2) is 0 Å². The Morgan fingerprint density at radius 2 is 0.672 bits per heavy atom. The minimum absolute atomic E-state index is 0.580. The molecule has 0 atom stereocenters. The third-order valence-electron chi connectivity index (χ3n) is 13.7. The van der Waals surface area contributed by atoms with E-state index in [0.29, 0.717) is 0 Å². The Labute approximate surface area is 336 Å². The zero-order chi connectivity index (χ0) is 37.7. The minimum Gasteiger partial charge on any atom is -0.307 e. The lowest BCUT2D eigenvalue weighted by molar-refractivity contribution is 0.756. The van der Waals surface area contributed by atoms with Crippen LogP contribution in [0.2, 0.25) is 0 Å². The smallest absolute Gasteiger partial charge is 0.0755 e. The van der Waals surface area contributed by atoms with Gasteiger partial charge in [-0.05, 0) is 113 Å². The maximum absolute atomic E-state index is 2.72. The van der Waals surface area contributed by atoms with Gasteiger partial charge in [0, 0.05) is 21.9 Å². The van der Waals surface area contributed by atoms with Gasteiger partial charge in [0.2, 0.25) is 0 Å². The van der Waals surface area contributed by atoms with E-state index in [1.165, 1.54) is 128 Å². The van der Waals surface area contributed by atoms with Gasteiger partial charge >= 0.3 is 0 Å². The molecule has 0 radical (unpaired) electrons. The van der Waals surface area contributed by atoms with Crippen molar-refractivity contribution in [1.29, 1.82) is 0 Å². The Morgan fingerprint density at radius 3 is 1.16 bits per heavy atom. The molecular weight excluding hydrogens is 699 g/mol. The first-order chi connectivity index (χ1) is 28.8. The molecule has 10 aromatic rings. The molecule has 0 amide bonds. The third kappa shape index (κ3) is 3.60. The molecule has 3 aliphatic heterocycles. The fraction of sp³-hybridized carbons (Fsp3) is 0.0175. The Kier molecular flexibility index (Phi) is 5.76. The second-order valence-corrected chi connectivity index (χ2v) is 16.3. The molecule has 10 aromatic carbocycles. The van der Waals surface area contributed by atoms with Crippen LogP contribution in [0.15, 0.2) is 200 Å².